The van der Waals surface area contributed by atoms with Crippen LogP contribution >= 0.6 is 0 Å². The predicted octanol–water partition coefficient (Wildman–Crippen LogP) is 0.501. The average Bonchev–Trinajstić information content (AvgIpc) is 2.35. The third-order valence-electron chi connectivity index (χ3n) is 2.62. The van der Waals surface area contributed by atoms with E-state index in [1.807, 2.05) is 0 Å². The van der Waals surface area contributed by atoms with E-state index in [0.29, 0.717) is 6.42 Å². The van der Waals surface area contributed by atoms with E-state index in [2.05, 4.69) is 10.6 Å². The number of hydrogen-bond acceptors (Lipinski definition) is 3. The Kier molecular flexibility index (Phi) is 5.92. The molecule has 2 atom stereocenters. The van der Waals surface area contributed by atoms with Crippen LogP contribution in [0.15, 0.2) is 24.3 Å². The Hall–Kier alpha value is -2.15. The molecule has 0 aromatic heterocycles. The number of rotatable bonds is 6. The Balaban J connectivity index is 2.38. The Morgan fingerprint density at radius 1 is 1.40 bits per heavy atom. The maximum atomic E-state index is 12.9. The highest BCUT2D eigenvalue weighted by atomic mass is 19.1. The number of carbonyl (C=O) groups excluding carboxylic acids is 1. The first-order valence-electron chi connectivity index (χ1n) is 6.10. The summed E-state index contributed by atoms with van der Waals surface area (Å²) < 4.78 is 12.9. The molecule has 1 rings (SSSR count). The molecule has 4 N–H and O–H groups in total. The lowest BCUT2D eigenvalue weighted by molar-refractivity contribution is -0.141. The van der Waals surface area contributed by atoms with Crippen molar-refractivity contribution < 1.29 is 24.2 Å². The van der Waals surface area contributed by atoms with Crippen molar-refractivity contribution in [2.24, 2.45) is 0 Å². The molecule has 0 saturated heterocycles. The van der Waals surface area contributed by atoms with Crippen LogP contribution in [0.25, 0.3) is 0 Å². The summed E-state index contributed by atoms with van der Waals surface area (Å²) in [6, 6.07) is 3.90. The minimum absolute atomic E-state index is 0.224. The van der Waals surface area contributed by atoms with E-state index in [1.54, 1.807) is 12.1 Å². The van der Waals surface area contributed by atoms with Crippen LogP contribution in [0.4, 0.5) is 9.18 Å². The molecule has 0 aliphatic heterocycles. The lowest BCUT2D eigenvalue weighted by Gasteiger charge is -2.17. The third-order valence-corrected chi connectivity index (χ3v) is 2.62. The van der Waals surface area contributed by atoms with Gasteiger partial charge in [-0.1, -0.05) is 12.1 Å². The van der Waals surface area contributed by atoms with Crippen molar-refractivity contribution in [1.82, 2.24) is 10.6 Å². The van der Waals surface area contributed by atoms with Crippen molar-refractivity contribution >= 4 is 12.0 Å². The molecule has 0 radical (unpaired) electrons. The maximum absolute atomic E-state index is 12.9. The number of carbonyl (C=O) groups is 2. The number of aliphatic hydroxyl groups excluding tert-OH is 1. The summed E-state index contributed by atoms with van der Waals surface area (Å²) in [6.45, 7) is 1.49. The number of amides is 2. The van der Waals surface area contributed by atoms with Gasteiger partial charge in [-0.15, -0.1) is 0 Å². The molecule has 2 amide bonds. The highest BCUT2D eigenvalue weighted by molar-refractivity contribution is 5.82. The molecule has 7 heteroatoms. The third kappa shape index (κ3) is 5.23. The monoisotopic (exact) mass is 284 g/mol. The van der Waals surface area contributed by atoms with Crippen LogP contribution in [0.3, 0.4) is 0 Å². The number of aliphatic carboxylic acids is 1. The Labute approximate surface area is 115 Å². The fourth-order valence-corrected chi connectivity index (χ4v) is 1.59. The summed E-state index contributed by atoms with van der Waals surface area (Å²) in [7, 11) is 0. The van der Waals surface area contributed by atoms with E-state index in [4.69, 9.17) is 5.11 Å². The number of nitrogens with one attached hydrogen (secondary N) is 2. The zero-order valence-corrected chi connectivity index (χ0v) is 11.0. The summed E-state index contributed by atoms with van der Waals surface area (Å²) in [5.41, 5.74) is 0.718. The molecule has 0 unspecified atom stereocenters. The zero-order chi connectivity index (χ0) is 15.1. The lowest BCUT2D eigenvalue weighted by Crippen LogP contribution is -2.51. The molecule has 6 nitrogen and oxygen atoms in total. The van der Waals surface area contributed by atoms with E-state index in [1.165, 1.54) is 19.1 Å². The van der Waals surface area contributed by atoms with Crippen molar-refractivity contribution in [1.29, 1.82) is 0 Å². The lowest BCUT2D eigenvalue weighted by atomic mass is 10.1. The topological polar surface area (TPSA) is 98.7 Å². The van der Waals surface area contributed by atoms with Crippen molar-refractivity contribution in [3.8, 4) is 0 Å². The fourth-order valence-electron chi connectivity index (χ4n) is 1.59. The summed E-state index contributed by atoms with van der Waals surface area (Å²) in [4.78, 5) is 22.2. The van der Waals surface area contributed by atoms with Gasteiger partial charge in [0.05, 0.1) is 6.10 Å². The quantitative estimate of drug-likeness (QED) is 0.611. The second-order valence-electron chi connectivity index (χ2n) is 4.34. The van der Waals surface area contributed by atoms with E-state index in [-0.39, 0.29) is 12.4 Å². The Morgan fingerprint density at radius 2 is 2.10 bits per heavy atom. The molecular weight excluding hydrogens is 267 g/mol. The Morgan fingerprint density at radius 3 is 2.65 bits per heavy atom. The molecule has 0 aliphatic carbocycles. The SMILES string of the molecule is C[C@@H](O)[C@H](NC(=O)NCCc1cccc(F)c1)C(=O)O. The van der Waals surface area contributed by atoms with Gasteiger partial charge in [-0.2, -0.15) is 0 Å². The van der Waals surface area contributed by atoms with E-state index < -0.39 is 24.1 Å². The van der Waals surface area contributed by atoms with Gasteiger partial charge in [-0.05, 0) is 31.0 Å². The van der Waals surface area contributed by atoms with Crippen LogP contribution in [0.1, 0.15) is 12.5 Å². The number of halogens is 1. The average molecular weight is 284 g/mol. The zero-order valence-electron chi connectivity index (χ0n) is 11.0. The number of benzene rings is 1. The molecule has 0 aliphatic rings. The highest BCUT2D eigenvalue weighted by Crippen LogP contribution is 2.03. The van der Waals surface area contributed by atoms with Gasteiger partial charge < -0.3 is 20.8 Å². The standard InChI is InChI=1S/C13H17FN2O4/c1-8(17)11(12(18)19)16-13(20)15-6-5-9-3-2-4-10(14)7-9/h2-4,7-8,11,17H,5-6H2,1H3,(H,18,19)(H2,15,16,20)/t8-,11+/m1/s1. The van der Waals surface area contributed by atoms with Gasteiger partial charge in [0.1, 0.15) is 5.82 Å². The number of carboxylic acid groups (broad SMARTS) is 1. The maximum Gasteiger partial charge on any atom is 0.328 e. The summed E-state index contributed by atoms with van der Waals surface area (Å²) in [5.74, 6) is -1.67. The predicted molar refractivity (Wildman–Crippen MR) is 69.7 cm³/mol. The fraction of sp³-hybridized carbons (Fsp3) is 0.385. The van der Waals surface area contributed by atoms with Gasteiger partial charge >= 0.3 is 12.0 Å². The Bertz CT molecular complexity index is 479. The molecule has 1 aromatic carbocycles. The largest absolute Gasteiger partial charge is 0.480 e. The second kappa shape index (κ2) is 7.44. The summed E-state index contributed by atoms with van der Waals surface area (Å²) in [6.07, 6.45) is -0.793. The first-order chi connectivity index (χ1) is 9.40. The van der Waals surface area contributed by atoms with Crippen molar-refractivity contribution in [3.63, 3.8) is 0 Å². The molecule has 0 heterocycles. The number of carboxylic acids is 1. The minimum Gasteiger partial charge on any atom is -0.480 e. The second-order valence-corrected chi connectivity index (χ2v) is 4.34. The molecule has 110 valence electrons. The van der Waals surface area contributed by atoms with Gasteiger partial charge in [0, 0.05) is 6.54 Å². The van der Waals surface area contributed by atoms with Gasteiger partial charge in [0.25, 0.3) is 0 Å². The molecule has 0 spiro atoms. The van der Waals surface area contributed by atoms with Gasteiger partial charge in [-0.25, -0.2) is 14.0 Å². The number of urea groups is 1. The van der Waals surface area contributed by atoms with Gasteiger partial charge in [0.2, 0.25) is 0 Å². The van der Waals surface area contributed by atoms with Crippen LogP contribution in [-0.4, -0.2) is 40.9 Å². The normalized spacial score (nSPS) is 13.3. The minimum atomic E-state index is -1.37. The van der Waals surface area contributed by atoms with E-state index in [0.717, 1.165) is 5.56 Å². The molecule has 1 aromatic rings. The molecular formula is C13H17FN2O4. The molecule has 0 fully saturated rings. The van der Waals surface area contributed by atoms with Gasteiger partial charge in [-0.3, -0.25) is 0 Å². The molecule has 20 heavy (non-hydrogen) atoms. The van der Waals surface area contributed by atoms with E-state index in [9.17, 15) is 19.1 Å². The van der Waals surface area contributed by atoms with Crippen LogP contribution in [-0.2, 0) is 11.2 Å². The number of aliphatic hydroxyl groups is 1. The van der Waals surface area contributed by atoms with Crippen molar-refractivity contribution in [2.75, 3.05) is 6.54 Å². The highest BCUT2D eigenvalue weighted by Gasteiger charge is 2.24. The van der Waals surface area contributed by atoms with Crippen LogP contribution < -0.4 is 10.6 Å². The smallest absolute Gasteiger partial charge is 0.328 e. The van der Waals surface area contributed by atoms with Crippen molar-refractivity contribution in [3.05, 3.63) is 35.6 Å². The van der Waals surface area contributed by atoms with E-state index >= 15 is 0 Å². The molecule has 0 bridgehead atoms. The van der Waals surface area contributed by atoms with Crippen molar-refractivity contribution in [2.45, 2.75) is 25.5 Å². The first kappa shape index (κ1) is 15.9. The molecule has 0 saturated carbocycles. The van der Waals surface area contributed by atoms with Crippen LogP contribution in [0.5, 0.6) is 0 Å². The van der Waals surface area contributed by atoms with Crippen LogP contribution in [0.2, 0.25) is 0 Å². The first-order valence-corrected chi connectivity index (χ1v) is 6.10. The van der Waals surface area contributed by atoms with Crippen LogP contribution in [0, 0.1) is 5.82 Å². The number of hydrogen-bond donors (Lipinski definition) is 4. The summed E-state index contributed by atoms with van der Waals surface area (Å²) in [5, 5.41) is 22.6. The van der Waals surface area contributed by atoms with Gasteiger partial charge in [0.15, 0.2) is 6.04 Å². The summed E-state index contributed by atoms with van der Waals surface area (Å²) >= 11 is 0.